The Labute approximate surface area is 115 Å². The zero-order chi connectivity index (χ0) is 12.9. The first kappa shape index (κ1) is 12.9. The summed E-state index contributed by atoms with van der Waals surface area (Å²) in [5.41, 5.74) is 1.30. The number of ether oxygens (including phenoxy) is 2. The highest BCUT2D eigenvalue weighted by Gasteiger charge is 2.20. The largest absolute Gasteiger partial charge is 0.491 e. The van der Waals surface area contributed by atoms with E-state index in [-0.39, 0.29) is 6.10 Å². The van der Waals surface area contributed by atoms with Gasteiger partial charge in [0.1, 0.15) is 12.4 Å². The summed E-state index contributed by atoms with van der Waals surface area (Å²) in [6.45, 7) is 2.51. The topological polar surface area (TPSA) is 30.5 Å². The summed E-state index contributed by atoms with van der Waals surface area (Å²) in [7, 11) is 0. The lowest BCUT2D eigenvalue weighted by Crippen LogP contribution is -2.25. The van der Waals surface area contributed by atoms with Crippen molar-refractivity contribution in [3.63, 3.8) is 0 Å². The SMILES string of the molecule is c1cc(CNC2CC2)cc(OCC2CCCCO2)c1. The Hall–Kier alpha value is -1.06. The summed E-state index contributed by atoms with van der Waals surface area (Å²) in [4.78, 5) is 0. The van der Waals surface area contributed by atoms with Crippen LogP contribution in [0.3, 0.4) is 0 Å². The van der Waals surface area contributed by atoms with E-state index < -0.39 is 0 Å². The highest BCUT2D eigenvalue weighted by atomic mass is 16.5. The van der Waals surface area contributed by atoms with Crippen LogP contribution in [0.4, 0.5) is 0 Å². The van der Waals surface area contributed by atoms with E-state index in [1.165, 1.54) is 31.2 Å². The molecule has 1 N–H and O–H groups in total. The molecule has 19 heavy (non-hydrogen) atoms. The molecule has 1 aromatic rings. The van der Waals surface area contributed by atoms with Gasteiger partial charge in [0.15, 0.2) is 0 Å². The Kier molecular flexibility index (Phi) is 4.36. The quantitative estimate of drug-likeness (QED) is 0.854. The Balaban J connectivity index is 1.47. The first-order chi connectivity index (χ1) is 9.40. The maximum atomic E-state index is 5.86. The van der Waals surface area contributed by atoms with Crippen LogP contribution in [0.1, 0.15) is 37.7 Å². The fraction of sp³-hybridized carbons (Fsp3) is 0.625. The molecule has 1 aliphatic heterocycles. The molecule has 1 aromatic carbocycles. The minimum absolute atomic E-state index is 0.280. The van der Waals surface area contributed by atoms with Gasteiger partial charge < -0.3 is 14.8 Å². The molecule has 1 aliphatic carbocycles. The van der Waals surface area contributed by atoms with Gasteiger partial charge in [0.05, 0.1) is 6.10 Å². The monoisotopic (exact) mass is 261 g/mol. The van der Waals surface area contributed by atoms with Crippen molar-refractivity contribution in [2.75, 3.05) is 13.2 Å². The molecule has 104 valence electrons. The van der Waals surface area contributed by atoms with E-state index in [1.54, 1.807) is 0 Å². The molecule has 1 saturated carbocycles. The first-order valence-electron chi connectivity index (χ1n) is 7.47. The minimum Gasteiger partial charge on any atom is -0.491 e. The molecule has 0 radical (unpaired) electrons. The normalized spacial score (nSPS) is 23.3. The predicted octanol–water partition coefficient (Wildman–Crippen LogP) is 2.89. The average Bonchev–Trinajstić information content (AvgIpc) is 3.29. The Bertz CT molecular complexity index is 397. The molecule has 3 nitrogen and oxygen atoms in total. The summed E-state index contributed by atoms with van der Waals surface area (Å²) in [6.07, 6.45) is 6.52. The van der Waals surface area contributed by atoms with Gasteiger partial charge in [-0.25, -0.2) is 0 Å². The molecule has 2 aliphatic rings. The molecule has 3 heteroatoms. The molecule has 0 spiro atoms. The van der Waals surface area contributed by atoms with Crippen LogP contribution in [0.25, 0.3) is 0 Å². The molecule has 1 unspecified atom stereocenters. The Morgan fingerprint density at radius 1 is 1.21 bits per heavy atom. The molecule has 1 saturated heterocycles. The molecule has 1 atom stereocenters. The molecule has 0 bridgehead atoms. The maximum absolute atomic E-state index is 5.86. The van der Waals surface area contributed by atoms with E-state index >= 15 is 0 Å². The van der Waals surface area contributed by atoms with Crippen molar-refractivity contribution in [2.45, 2.75) is 50.8 Å². The summed E-state index contributed by atoms with van der Waals surface area (Å²) in [6, 6.07) is 9.14. The van der Waals surface area contributed by atoms with Gasteiger partial charge in [0, 0.05) is 19.2 Å². The third kappa shape index (κ3) is 4.22. The van der Waals surface area contributed by atoms with Gasteiger partial charge in [-0.15, -0.1) is 0 Å². The zero-order valence-electron chi connectivity index (χ0n) is 11.4. The van der Waals surface area contributed by atoms with Crippen molar-refractivity contribution in [1.29, 1.82) is 0 Å². The summed E-state index contributed by atoms with van der Waals surface area (Å²) >= 11 is 0. The maximum Gasteiger partial charge on any atom is 0.119 e. The second-order valence-electron chi connectivity index (χ2n) is 5.60. The van der Waals surface area contributed by atoms with Crippen LogP contribution < -0.4 is 10.1 Å². The number of hydrogen-bond donors (Lipinski definition) is 1. The Morgan fingerprint density at radius 3 is 2.95 bits per heavy atom. The van der Waals surface area contributed by atoms with E-state index in [1.807, 2.05) is 6.07 Å². The van der Waals surface area contributed by atoms with Crippen LogP contribution >= 0.6 is 0 Å². The van der Waals surface area contributed by atoms with Crippen molar-refractivity contribution in [2.24, 2.45) is 0 Å². The van der Waals surface area contributed by atoms with E-state index in [0.717, 1.165) is 31.4 Å². The highest BCUT2D eigenvalue weighted by molar-refractivity contribution is 5.28. The molecular weight excluding hydrogens is 238 g/mol. The van der Waals surface area contributed by atoms with E-state index in [0.29, 0.717) is 6.61 Å². The van der Waals surface area contributed by atoms with Gasteiger partial charge in [-0.05, 0) is 49.8 Å². The van der Waals surface area contributed by atoms with Gasteiger partial charge in [-0.2, -0.15) is 0 Å². The van der Waals surface area contributed by atoms with Crippen molar-refractivity contribution in [3.8, 4) is 5.75 Å². The minimum atomic E-state index is 0.280. The number of hydrogen-bond acceptors (Lipinski definition) is 3. The standard InChI is InChI=1S/C16H23NO2/c1-2-9-18-16(5-1)12-19-15-6-3-4-13(10-15)11-17-14-7-8-14/h3-4,6,10,14,16-17H,1-2,5,7-9,11-12H2. The third-order valence-electron chi connectivity index (χ3n) is 3.78. The predicted molar refractivity (Wildman–Crippen MR) is 75.4 cm³/mol. The molecule has 0 aromatic heterocycles. The zero-order valence-corrected chi connectivity index (χ0v) is 11.4. The van der Waals surface area contributed by atoms with Gasteiger partial charge in [0.25, 0.3) is 0 Å². The average molecular weight is 261 g/mol. The van der Waals surface area contributed by atoms with Crippen molar-refractivity contribution in [1.82, 2.24) is 5.32 Å². The van der Waals surface area contributed by atoms with E-state index in [2.05, 4.69) is 23.5 Å². The van der Waals surface area contributed by atoms with Crippen LogP contribution in [-0.4, -0.2) is 25.4 Å². The number of nitrogens with one attached hydrogen (secondary N) is 1. The number of benzene rings is 1. The van der Waals surface area contributed by atoms with Gasteiger partial charge in [-0.1, -0.05) is 12.1 Å². The van der Waals surface area contributed by atoms with E-state index in [9.17, 15) is 0 Å². The fourth-order valence-corrected chi connectivity index (χ4v) is 2.42. The summed E-state index contributed by atoms with van der Waals surface area (Å²) < 4.78 is 11.5. The van der Waals surface area contributed by atoms with Gasteiger partial charge >= 0.3 is 0 Å². The van der Waals surface area contributed by atoms with Crippen LogP contribution in [0.15, 0.2) is 24.3 Å². The van der Waals surface area contributed by atoms with Crippen molar-refractivity contribution < 1.29 is 9.47 Å². The lowest BCUT2D eigenvalue weighted by molar-refractivity contribution is -0.0110. The van der Waals surface area contributed by atoms with Gasteiger partial charge in [-0.3, -0.25) is 0 Å². The summed E-state index contributed by atoms with van der Waals surface area (Å²) in [5.74, 6) is 0.962. The van der Waals surface area contributed by atoms with Crippen LogP contribution in [0.5, 0.6) is 5.75 Å². The lowest BCUT2D eigenvalue weighted by Gasteiger charge is -2.22. The number of rotatable bonds is 6. The summed E-state index contributed by atoms with van der Waals surface area (Å²) in [5, 5.41) is 3.53. The van der Waals surface area contributed by atoms with Crippen LogP contribution in [-0.2, 0) is 11.3 Å². The Morgan fingerprint density at radius 2 is 2.16 bits per heavy atom. The second-order valence-corrected chi connectivity index (χ2v) is 5.60. The van der Waals surface area contributed by atoms with E-state index in [4.69, 9.17) is 9.47 Å². The van der Waals surface area contributed by atoms with Gasteiger partial charge in [0.2, 0.25) is 0 Å². The van der Waals surface area contributed by atoms with Crippen LogP contribution in [0.2, 0.25) is 0 Å². The smallest absolute Gasteiger partial charge is 0.119 e. The van der Waals surface area contributed by atoms with Crippen LogP contribution in [0, 0.1) is 0 Å². The molecule has 3 rings (SSSR count). The highest BCUT2D eigenvalue weighted by Crippen LogP contribution is 2.21. The van der Waals surface area contributed by atoms with Crippen molar-refractivity contribution >= 4 is 0 Å². The molecule has 0 amide bonds. The molecule has 2 fully saturated rings. The fourth-order valence-electron chi connectivity index (χ4n) is 2.42. The first-order valence-corrected chi connectivity index (χ1v) is 7.47. The molecule has 1 heterocycles. The second kappa shape index (κ2) is 6.40. The lowest BCUT2D eigenvalue weighted by atomic mass is 10.1. The molecular formula is C16H23NO2. The third-order valence-corrected chi connectivity index (χ3v) is 3.78. The van der Waals surface area contributed by atoms with Crippen molar-refractivity contribution in [3.05, 3.63) is 29.8 Å².